The molecule has 4 heteroatoms. The van der Waals surface area contributed by atoms with Gasteiger partial charge in [-0.2, -0.15) is 0 Å². The first kappa shape index (κ1) is 17.6. The van der Waals surface area contributed by atoms with Crippen molar-refractivity contribution < 1.29 is 14.3 Å². The van der Waals surface area contributed by atoms with Crippen molar-refractivity contribution in [2.24, 2.45) is 23.2 Å². The van der Waals surface area contributed by atoms with Gasteiger partial charge in [0.05, 0.1) is 0 Å². The fourth-order valence-corrected chi connectivity index (χ4v) is 6.08. The molecule has 1 aromatic carbocycles. The minimum absolute atomic E-state index is 0.0239. The zero-order valence-electron chi connectivity index (χ0n) is 15.8. The minimum Gasteiger partial charge on any atom is -0.484 e. The summed E-state index contributed by atoms with van der Waals surface area (Å²) in [5.74, 6) is 3.25. The number of ether oxygens (including phenoxy) is 1. The van der Waals surface area contributed by atoms with E-state index < -0.39 is 0 Å². The number of ketones is 1. The van der Waals surface area contributed by atoms with Crippen molar-refractivity contribution in [1.29, 1.82) is 0 Å². The summed E-state index contributed by atoms with van der Waals surface area (Å²) in [5, 5.41) is 3.22. The summed E-state index contributed by atoms with van der Waals surface area (Å²) in [7, 11) is 0. The van der Waals surface area contributed by atoms with Crippen LogP contribution in [0.25, 0.3) is 0 Å². The molecule has 0 aromatic heterocycles. The highest BCUT2D eigenvalue weighted by molar-refractivity contribution is 5.94. The summed E-state index contributed by atoms with van der Waals surface area (Å²) in [4.78, 5) is 23.7. The normalized spacial score (nSPS) is 32.9. The van der Waals surface area contributed by atoms with Gasteiger partial charge in [0.2, 0.25) is 0 Å². The molecular formula is C22H29NO3. The van der Waals surface area contributed by atoms with Gasteiger partial charge in [-0.3, -0.25) is 9.59 Å². The van der Waals surface area contributed by atoms with E-state index in [4.69, 9.17) is 4.74 Å². The van der Waals surface area contributed by atoms with Gasteiger partial charge in [-0.1, -0.05) is 0 Å². The second kappa shape index (κ2) is 6.71. The quantitative estimate of drug-likeness (QED) is 0.785. The largest absolute Gasteiger partial charge is 0.484 e. The Morgan fingerprint density at radius 2 is 1.62 bits per heavy atom. The molecule has 0 radical (unpaired) electrons. The molecule has 0 saturated heterocycles. The summed E-state index contributed by atoms with van der Waals surface area (Å²) in [6, 6.07) is 7.16. The van der Waals surface area contributed by atoms with Crippen molar-refractivity contribution in [3.8, 4) is 5.75 Å². The number of benzene rings is 1. The fraction of sp³-hybridized carbons (Fsp3) is 0.636. The standard InChI is InChI=1S/C22H29NO3/c1-14(24)19-3-5-20(6-4-19)26-13-21(25)23-15(2)22-10-16-7-17(11-22)9-18(8-16)12-22/h3-6,15-18H,7-13H2,1-2H3,(H,23,25)/t15-,16?,17?,18?,22?/m0/s1. The molecule has 0 heterocycles. The van der Waals surface area contributed by atoms with Crippen molar-refractivity contribution in [3.63, 3.8) is 0 Å². The Morgan fingerprint density at radius 1 is 1.08 bits per heavy atom. The van der Waals surface area contributed by atoms with Gasteiger partial charge in [0.15, 0.2) is 12.4 Å². The number of carbonyl (C=O) groups is 2. The number of rotatable bonds is 6. The lowest BCUT2D eigenvalue weighted by Crippen LogP contribution is -2.56. The third-order valence-corrected chi connectivity index (χ3v) is 7.01. The lowest BCUT2D eigenvalue weighted by Gasteiger charge is -2.59. The molecule has 4 fully saturated rings. The molecule has 1 atom stereocenters. The van der Waals surface area contributed by atoms with Gasteiger partial charge in [-0.25, -0.2) is 0 Å². The van der Waals surface area contributed by atoms with Gasteiger partial charge in [0.25, 0.3) is 5.91 Å². The zero-order valence-corrected chi connectivity index (χ0v) is 15.8. The molecule has 0 spiro atoms. The maximum absolute atomic E-state index is 12.4. The van der Waals surface area contributed by atoms with Crippen LogP contribution in [0.15, 0.2) is 24.3 Å². The first-order valence-electron chi connectivity index (χ1n) is 9.97. The summed E-state index contributed by atoms with van der Waals surface area (Å²) < 4.78 is 5.60. The number of Topliss-reactive ketones (excluding diaryl/α,β-unsaturated/α-hetero) is 1. The first-order valence-corrected chi connectivity index (χ1v) is 9.97. The van der Waals surface area contributed by atoms with Gasteiger partial charge >= 0.3 is 0 Å². The maximum atomic E-state index is 12.4. The van der Waals surface area contributed by atoms with Gasteiger partial charge in [0, 0.05) is 11.6 Å². The molecule has 26 heavy (non-hydrogen) atoms. The van der Waals surface area contributed by atoms with E-state index in [1.807, 2.05) is 0 Å². The van der Waals surface area contributed by atoms with E-state index in [0.717, 1.165) is 17.8 Å². The van der Waals surface area contributed by atoms with Crippen molar-refractivity contribution >= 4 is 11.7 Å². The monoisotopic (exact) mass is 355 g/mol. The lowest BCUT2D eigenvalue weighted by atomic mass is 9.48. The Kier molecular flexibility index (Phi) is 4.54. The Hall–Kier alpha value is -1.84. The second-order valence-corrected chi connectivity index (χ2v) is 8.94. The van der Waals surface area contributed by atoms with Crippen molar-refractivity contribution in [2.45, 2.75) is 58.4 Å². The van der Waals surface area contributed by atoms with Crippen LogP contribution in [0.5, 0.6) is 5.75 Å². The van der Waals surface area contributed by atoms with Crippen LogP contribution in [0, 0.1) is 23.2 Å². The molecule has 5 rings (SSSR count). The Bertz CT molecular complexity index is 659. The number of amides is 1. The summed E-state index contributed by atoms with van der Waals surface area (Å²) in [6.45, 7) is 3.75. The van der Waals surface area contributed by atoms with E-state index in [1.165, 1.54) is 45.4 Å². The SMILES string of the molecule is CC(=O)c1ccc(OCC(=O)N[C@@H](C)C23CC4CC(CC(C4)C2)C3)cc1. The van der Waals surface area contributed by atoms with E-state index in [9.17, 15) is 9.59 Å². The number of hydrogen-bond donors (Lipinski definition) is 1. The average Bonchev–Trinajstić information content (AvgIpc) is 2.59. The van der Waals surface area contributed by atoms with Crippen LogP contribution in [-0.2, 0) is 4.79 Å². The molecule has 4 nitrogen and oxygen atoms in total. The van der Waals surface area contributed by atoms with Gasteiger partial charge in [-0.05, 0) is 99.8 Å². The molecule has 0 unspecified atom stereocenters. The molecule has 4 aliphatic rings. The number of carbonyl (C=O) groups excluding carboxylic acids is 2. The van der Waals surface area contributed by atoms with E-state index in [-0.39, 0.29) is 24.3 Å². The second-order valence-electron chi connectivity index (χ2n) is 8.94. The first-order chi connectivity index (χ1) is 12.4. The number of hydrogen-bond acceptors (Lipinski definition) is 3. The van der Waals surface area contributed by atoms with Crippen LogP contribution in [0.2, 0.25) is 0 Å². The highest BCUT2D eigenvalue weighted by Crippen LogP contribution is 2.61. The van der Waals surface area contributed by atoms with E-state index >= 15 is 0 Å². The summed E-state index contributed by atoms with van der Waals surface area (Å²) >= 11 is 0. The molecule has 1 aromatic rings. The Balaban J connectivity index is 1.31. The predicted octanol–water partition coefficient (Wildman–Crippen LogP) is 3.99. The van der Waals surface area contributed by atoms with Crippen LogP contribution in [0.3, 0.4) is 0 Å². The average molecular weight is 355 g/mol. The van der Waals surface area contributed by atoms with Gasteiger partial charge in [0.1, 0.15) is 5.75 Å². The predicted molar refractivity (Wildman–Crippen MR) is 100 cm³/mol. The Labute approximate surface area is 155 Å². The molecule has 0 aliphatic heterocycles. The molecule has 1 N–H and O–H groups in total. The van der Waals surface area contributed by atoms with Gasteiger partial charge < -0.3 is 10.1 Å². The van der Waals surface area contributed by atoms with Crippen molar-refractivity contribution in [2.75, 3.05) is 6.61 Å². The Morgan fingerprint density at radius 3 is 2.12 bits per heavy atom. The lowest BCUT2D eigenvalue weighted by molar-refractivity contribution is -0.127. The van der Waals surface area contributed by atoms with E-state index in [1.54, 1.807) is 24.3 Å². The smallest absolute Gasteiger partial charge is 0.258 e. The van der Waals surface area contributed by atoms with Crippen LogP contribution >= 0.6 is 0 Å². The van der Waals surface area contributed by atoms with Crippen LogP contribution in [-0.4, -0.2) is 24.3 Å². The van der Waals surface area contributed by atoms with Crippen LogP contribution < -0.4 is 10.1 Å². The van der Waals surface area contributed by atoms with Crippen molar-refractivity contribution in [3.05, 3.63) is 29.8 Å². The number of nitrogens with one attached hydrogen (secondary N) is 1. The summed E-state index contributed by atoms with van der Waals surface area (Å²) in [5.41, 5.74) is 0.963. The molecule has 140 valence electrons. The molecule has 4 saturated carbocycles. The van der Waals surface area contributed by atoms with E-state index in [0.29, 0.717) is 16.7 Å². The summed E-state index contributed by atoms with van der Waals surface area (Å²) in [6.07, 6.45) is 8.10. The fourth-order valence-electron chi connectivity index (χ4n) is 6.08. The highest BCUT2D eigenvalue weighted by Gasteiger charge is 2.53. The van der Waals surface area contributed by atoms with Crippen LogP contribution in [0.1, 0.15) is 62.7 Å². The maximum Gasteiger partial charge on any atom is 0.258 e. The van der Waals surface area contributed by atoms with Crippen LogP contribution in [0.4, 0.5) is 0 Å². The molecule has 4 bridgehead atoms. The topological polar surface area (TPSA) is 55.4 Å². The van der Waals surface area contributed by atoms with Gasteiger partial charge in [-0.15, -0.1) is 0 Å². The third-order valence-electron chi connectivity index (χ3n) is 7.01. The molecule has 4 aliphatic carbocycles. The zero-order chi connectivity index (χ0) is 18.3. The third kappa shape index (κ3) is 3.38. The highest BCUT2D eigenvalue weighted by atomic mass is 16.5. The molecular weight excluding hydrogens is 326 g/mol. The van der Waals surface area contributed by atoms with E-state index in [2.05, 4.69) is 12.2 Å². The minimum atomic E-state index is -0.0520. The molecule has 1 amide bonds. The van der Waals surface area contributed by atoms with Crippen molar-refractivity contribution in [1.82, 2.24) is 5.32 Å².